The van der Waals surface area contributed by atoms with E-state index in [0.29, 0.717) is 0 Å². The molecule has 2 rings (SSSR count). The van der Waals surface area contributed by atoms with Crippen LogP contribution in [0.15, 0.2) is 48.5 Å². The third-order valence-corrected chi connectivity index (χ3v) is 2.96. The second kappa shape index (κ2) is 4.50. The van der Waals surface area contributed by atoms with Crippen molar-refractivity contribution in [1.29, 1.82) is 0 Å². The van der Waals surface area contributed by atoms with Crippen LogP contribution in [0.2, 0.25) is 0 Å². The number of hydrogen-bond acceptors (Lipinski definition) is 1. The molecule has 0 fully saturated rings. The molecule has 0 saturated carbocycles. The SMILES string of the molecule is Cc1ccc(C(N)c2ccccc2C)cc1. The molecule has 0 spiro atoms. The molecule has 0 aliphatic carbocycles. The van der Waals surface area contributed by atoms with Crippen LogP contribution in [0, 0.1) is 13.8 Å². The van der Waals surface area contributed by atoms with E-state index in [1.807, 2.05) is 12.1 Å². The molecule has 1 heteroatoms. The number of aryl methyl sites for hydroxylation is 2. The Labute approximate surface area is 96.9 Å². The fraction of sp³-hybridized carbons (Fsp3) is 0.200. The van der Waals surface area contributed by atoms with E-state index in [2.05, 4.69) is 50.2 Å². The Balaban J connectivity index is 2.35. The summed E-state index contributed by atoms with van der Waals surface area (Å²) in [7, 11) is 0. The molecule has 16 heavy (non-hydrogen) atoms. The summed E-state index contributed by atoms with van der Waals surface area (Å²) in [6.45, 7) is 4.19. The van der Waals surface area contributed by atoms with Crippen molar-refractivity contribution in [3.05, 3.63) is 70.8 Å². The zero-order valence-corrected chi connectivity index (χ0v) is 9.77. The minimum Gasteiger partial charge on any atom is -0.320 e. The summed E-state index contributed by atoms with van der Waals surface area (Å²) in [6, 6.07) is 16.7. The second-order valence-electron chi connectivity index (χ2n) is 4.24. The summed E-state index contributed by atoms with van der Waals surface area (Å²) in [6.07, 6.45) is 0. The molecule has 0 bridgehead atoms. The Morgan fingerprint density at radius 3 is 2.12 bits per heavy atom. The van der Waals surface area contributed by atoms with Crippen LogP contribution in [-0.4, -0.2) is 0 Å². The van der Waals surface area contributed by atoms with E-state index in [4.69, 9.17) is 5.73 Å². The van der Waals surface area contributed by atoms with Gasteiger partial charge in [-0.15, -0.1) is 0 Å². The quantitative estimate of drug-likeness (QED) is 0.810. The molecule has 0 saturated heterocycles. The Morgan fingerprint density at radius 1 is 0.875 bits per heavy atom. The molecular formula is C15H17N. The van der Waals surface area contributed by atoms with Crippen LogP contribution in [0.1, 0.15) is 28.3 Å². The Bertz CT molecular complexity index is 471. The normalized spacial score (nSPS) is 12.4. The summed E-state index contributed by atoms with van der Waals surface area (Å²) in [4.78, 5) is 0. The highest BCUT2D eigenvalue weighted by molar-refractivity contribution is 5.37. The third kappa shape index (κ3) is 2.15. The molecule has 1 atom stereocenters. The van der Waals surface area contributed by atoms with Crippen LogP contribution < -0.4 is 5.73 Å². The van der Waals surface area contributed by atoms with Crippen LogP contribution in [0.25, 0.3) is 0 Å². The first kappa shape index (κ1) is 10.9. The van der Waals surface area contributed by atoms with Crippen molar-refractivity contribution in [1.82, 2.24) is 0 Å². The van der Waals surface area contributed by atoms with Crippen molar-refractivity contribution in [2.24, 2.45) is 5.73 Å². The lowest BCUT2D eigenvalue weighted by atomic mass is 9.95. The van der Waals surface area contributed by atoms with Gasteiger partial charge in [0.1, 0.15) is 0 Å². The molecule has 2 aromatic carbocycles. The van der Waals surface area contributed by atoms with Gasteiger partial charge in [-0.25, -0.2) is 0 Å². The van der Waals surface area contributed by atoms with Crippen LogP contribution in [0.3, 0.4) is 0 Å². The standard InChI is InChI=1S/C15H17N/c1-11-7-9-13(10-8-11)15(16)14-6-4-3-5-12(14)2/h3-10,15H,16H2,1-2H3. The molecule has 2 N–H and O–H groups in total. The minimum atomic E-state index is -0.0261. The Morgan fingerprint density at radius 2 is 1.50 bits per heavy atom. The highest BCUT2D eigenvalue weighted by Crippen LogP contribution is 2.22. The van der Waals surface area contributed by atoms with Crippen molar-refractivity contribution >= 4 is 0 Å². The predicted molar refractivity (Wildman–Crippen MR) is 68.4 cm³/mol. The van der Waals surface area contributed by atoms with Gasteiger partial charge in [-0.1, -0.05) is 54.1 Å². The van der Waals surface area contributed by atoms with E-state index in [1.54, 1.807) is 0 Å². The smallest absolute Gasteiger partial charge is 0.0554 e. The Hall–Kier alpha value is -1.60. The van der Waals surface area contributed by atoms with E-state index in [1.165, 1.54) is 22.3 Å². The fourth-order valence-corrected chi connectivity index (χ4v) is 1.89. The highest BCUT2D eigenvalue weighted by Gasteiger charge is 2.09. The molecule has 0 aromatic heterocycles. The van der Waals surface area contributed by atoms with Gasteiger partial charge in [-0.2, -0.15) is 0 Å². The van der Waals surface area contributed by atoms with E-state index in [-0.39, 0.29) is 6.04 Å². The maximum Gasteiger partial charge on any atom is 0.0554 e. The molecular weight excluding hydrogens is 194 g/mol. The second-order valence-corrected chi connectivity index (χ2v) is 4.24. The van der Waals surface area contributed by atoms with Gasteiger partial charge < -0.3 is 5.73 Å². The van der Waals surface area contributed by atoms with Crippen LogP contribution in [0.4, 0.5) is 0 Å². The number of hydrogen-bond donors (Lipinski definition) is 1. The average molecular weight is 211 g/mol. The number of nitrogens with two attached hydrogens (primary N) is 1. The third-order valence-electron chi connectivity index (χ3n) is 2.96. The van der Waals surface area contributed by atoms with Gasteiger partial charge in [-0.3, -0.25) is 0 Å². The average Bonchev–Trinajstić information content (AvgIpc) is 2.30. The van der Waals surface area contributed by atoms with Crippen molar-refractivity contribution in [2.75, 3.05) is 0 Å². The van der Waals surface area contributed by atoms with Gasteiger partial charge in [0.25, 0.3) is 0 Å². The van der Waals surface area contributed by atoms with Gasteiger partial charge in [0, 0.05) is 0 Å². The van der Waals surface area contributed by atoms with Crippen LogP contribution in [0.5, 0.6) is 0 Å². The van der Waals surface area contributed by atoms with Crippen LogP contribution in [-0.2, 0) is 0 Å². The largest absolute Gasteiger partial charge is 0.320 e. The van der Waals surface area contributed by atoms with E-state index < -0.39 is 0 Å². The molecule has 82 valence electrons. The molecule has 1 nitrogen and oxygen atoms in total. The summed E-state index contributed by atoms with van der Waals surface area (Å²) >= 11 is 0. The van der Waals surface area contributed by atoms with Crippen LogP contribution >= 0.6 is 0 Å². The zero-order valence-electron chi connectivity index (χ0n) is 9.77. The molecule has 0 heterocycles. The molecule has 0 radical (unpaired) electrons. The molecule has 2 aromatic rings. The van der Waals surface area contributed by atoms with Gasteiger partial charge in [0.05, 0.1) is 6.04 Å². The first-order valence-electron chi connectivity index (χ1n) is 5.56. The summed E-state index contributed by atoms with van der Waals surface area (Å²) in [5.41, 5.74) is 11.1. The molecule has 1 unspecified atom stereocenters. The highest BCUT2D eigenvalue weighted by atomic mass is 14.6. The van der Waals surface area contributed by atoms with Gasteiger partial charge in [-0.05, 0) is 30.5 Å². The molecule has 0 amide bonds. The van der Waals surface area contributed by atoms with Crippen molar-refractivity contribution in [3.63, 3.8) is 0 Å². The van der Waals surface area contributed by atoms with Crippen molar-refractivity contribution in [2.45, 2.75) is 19.9 Å². The minimum absolute atomic E-state index is 0.0261. The summed E-state index contributed by atoms with van der Waals surface area (Å²) in [5, 5.41) is 0. The molecule has 0 aliphatic rings. The maximum atomic E-state index is 6.27. The van der Waals surface area contributed by atoms with Gasteiger partial charge >= 0.3 is 0 Å². The van der Waals surface area contributed by atoms with Crippen molar-refractivity contribution < 1.29 is 0 Å². The number of benzene rings is 2. The van der Waals surface area contributed by atoms with Gasteiger partial charge in [0.15, 0.2) is 0 Å². The van der Waals surface area contributed by atoms with E-state index >= 15 is 0 Å². The lowest BCUT2D eigenvalue weighted by Gasteiger charge is -2.15. The van der Waals surface area contributed by atoms with E-state index in [9.17, 15) is 0 Å². The van der Waals surface area contributed by atoms with E-state index in [0.717, 1.165) is 0 Å². The lowest BCUT2D eigenvalue weighted by molar-refractivity contribution is 0.861. The topological polar surface area (TPSA) is 26.0 Å². The first-order valence-corrected chi connectivity index (χ1v) is 5.56. The predicted octanol–water partition coefficient (Wildman–Crippen LogP) is 3.35. The Kier molecular flexibility index (Phi) is 3.07. The van der Waals surface area contributed by atoms with Crippen molar-refractivity contribution in [3.8, 4) is 0 Å². The fourth-order valence-electron chi connectivity index (χ4n) is 1.89. The maximum absolute atomic E-state index is 6.27. The lowest BCUT2D eigenvalue weighted by Crippen LogP contribution is -2.12. The molecule has 0 aliphatic heterocycles. The summed E-state index contributed by atoms with van der Waals surface area (Å²) in [5.74, 6) is 0. The monoisotopic (exact) mass is 211 g/mol. The zero-order chi connectivity index (χ0) is 11.5. The van der Waals surface area contributed by atoms with Gasteiger partial charge in [0.2, 0.25) is 0 Å². The number of rotatable bonds is 2. The first-order chi connectivity index (χ1) is 7.68. The summed E-state index contributed by atoms with van der Waals surface area (Å²) < 4.78 is 0.